The number of nitrogens with one attached hydrogen (secondary N) is 1. The van der Waals surface area contributed by atoms with Crippen molar-refractivity contribution in [1.29, 1.82) is 0 Å². The minimum atomic E-state index is -0.642. The fraction of sp³-hybridized carbons (Fsp3) is 0. The highest BCUT2D eigenvalue weighted by Crippen LogP contribution is 2.31. The number of halogens is 4. The molecule has 0 fully saturated rings. The van der Waals surface area contributed by atoms with E-state index in [1.165, 1.54) is 12.1 Å². The van der Waals surface area contributed by atoms with Gasteiger partial charge in [0, 0.05) is 5.56 Å². The number of hydrogen-bond donors (Lipinski definition) is 1. The van der Waals surface area contributed by atoms with E-state index in [1.807, 2.05) is 0 Å². The number of aromatic nitrogens is 2. The minimum Gasteiger partial charge on any atom is -0.335 e. The number of nitrogens with zero attached hydrogens (tertiary/aromatic N) is 1. The maximum absolute atomic E-state index is 13.6. The van der Waals surface area contributed by atoms with Crippen LogP contribution < -0.4 is 0 Å². The van der Waals surface area contributed by atoms with Crippen molar-refractivity contribution >= 4 is 50.7 Å². The van der Waals surface area contributed by atoms with Crippen LogP contribution in [0, 0.1) is 5.82 Å². The standard InChI is InChI=1S/C13H4BrCl2FN2O2/c14-5-2-1-4(3-6(5)17)13-18-9-10(19-13)12(21)8(16)7(15)11(9)20/h1-3H,(H,18,19). The van der Waals surface area contributed by atoms with Gasteiger partial charge in [0.05, 0.1) is 4.47 Å². The van der Waals surface area contributed by atoms with Crippen molar-refractivity contribution in [3.8, 4) is 11.4 Å². The molecule has 0 saturated carbocycles. The zero-order valence-electron chi connectivity index (χ0n) is 10.0. The third kappa shape index (κ3) is 2.23. The van der Waals surface area contributed by atoms with Crippen LogP contribution in [0.1, 0.15) is 21.0 Å². The van der Waals surface area contributed by atoms with Gasteiger partial charge in [0.15, 0.2) is 0 Å². The molecule has 0 bridgehead atoms. The minimum absolute atomic E-state index is 0.0484. The zero-order valence-corrected chi connectivity index (χ0v) is 13.1. The second kappa shape index (κ2) is 5.05. The molecule has 0 amide bonds. The van der Waals surface area contributed by atoms with E-state index in [0.717, 1.165) is 0 Å². The van der Waals surface area contributed by atoms with Gasteiger partial charge in [-0.2, -0.15) is 0 Å². The Morgan fingerprint density at radius 1 is 1.14 bits per heavy atom. The van der Waals surface area contributed by atoms with Crippen LogP contribution in [0.5, 0.6) is 0 Å². The Morgan fingerprint density at radius 3 is 2.48 bits per heavy atom. The summed E-state index contributed by atoms with van der Waals surface area (Å²) in [6.45, 7) is 0. The van der Waals surface area contributed by atoms with Crippen LogP contribution in [0.4, 0.5) is 4.39 Å². The molecule has 21 heavy (non-hydrogen) atoms. The monoisotopic (exact) mass is 388 g/mol. The fourth-order valence-corrected chi connectivity index (χ4v) is 2.50. The van der Waals surface area contributed by atoms with E-state index >= 15 is 0 Å². The lowest BCUT2D eigenvalue weighted by Gasteiger charge is -2.07. The first kappa shape index (κ1) is 14.4. The highest BCUT2D eigenvalue weighted by atomic mass is 79.9. The SMILES string of the molecule is O=C1C(Cl)=C(Cl)C(=O)c2[nH]c(-c3ccc(Br)c(F)c3)nc21. The van der Waals surface area contributed by atoms with Crippen LogP contribution in [-0.2, 0) is 0 Å². The summed E-state index contributed by atoms with van der Waals surface area (Å²) in [5, 5.41) is -0.722. The molecule has 1 aromatic heterocycles. The number of aromatic amines is 1. The molecule has 0 aliphatic heterocycles. The summed E-state index contributed by atoms with van der Waals surface area (Å²) in [7, 11) is 0. The number of benzene rings is 1. The molecule has 4 nitrogen and oxygen atoms in total. The molecule has 1 N–H and O–H groups in total. The van der Waals surface area contributed by atoms with Crippen LogP contribution in [-0.4, -0.2) is 21.5 Å². The maximum atomic E-state index is 13.6. The average Bonchev–Trinajstić information content (AvgIpc) is 2.91. The fourth-order valence-electron chi connectivity index (χ4n) is 1.90. The van der Waals surface area contributed by atoms with Gasteiger partial charge in [-0.3, -0.25) is 9.59 Å². The molecule has 106 valence electrons. The third-order valence-corrected chi connectivity index (χ3v) is 4.39. The van der Waals surface area contributed by atoms with Crippen molar-refractivity contribution in [3.63, 3.8) is 0 Å². The predicted octanol–water partition coefficient (Wildman–Crippen LogP) is 4.05. The Bertz CT molecular complexity index is 803. The van der Waals surface area contributed by atoms with Gasteiger partial charge in [-0.15, -0.1) is 0 Å². The summed E-state index contributed by atoms with van der Waals surface area (Å²) in [6.07, 6.45) is 0. The number of allylic oxidation sites excluding steroid dienone is 2. The lowest BCUT2D eigenvalue weighted by molar-refractivity contribution is 0.0982. The van der Waals surface area contributed by atoms with E-state index in [-0.39, 0.29) is 27.3 Å². The van der Waals surface area contributed by atoms with Gasteiger partial charge in [0.1, 0.15) is 33.1 Å². The van der Waals surface area contributed by atoms with Crippen molar-refractivity contribution in [1.82, 2.24) is 9.97 Å². The summed E-state index contributed by atoms with van der Waals surface area (Å²) in [5.74, 6) is -1.57. The molecular formula is C13H4BrCl2FN2O2. The summed E-state index contributed by atoms with van der Waals surface area (Å²) in [5.41, 5.74) is 0.221. The Balaban J connectivity index is 2.15. The number of imidazole rings is 1. The molecule has 0 atom stereocenters. The van der Waals surface area contributed by atoms with E-state index in [2.05, 4.69) is 25.9 Å². The zero-order chi connectivity index (χ0) is 15.3. The predicted molar refractivity (Wildman–Crippen MR) is 79.1 cm³/mol. The molecule has 0 unspecified atom stereocenters. The summed E-state index contributed by atoms with van der Waals surface area (Å²) in [4.78, 5) is 30.6. The van der Waals surface area contributed by atoms with Crippen molar-refractivity contribution < 1.29 is 14.0 Å². The lowest BCUT2D eigenvalue weighted by atomic mass is 10.1. The Hall–Kier alpha value is -1.50. The largest absolute Gasteiger partial charge is 0.335 e. The highest BCUT2D eigenvalue weighted by Gasteiger charge is 2.34. The van der Waals surface area contributed by atoms with Crippen molar-refractivity contribution in [2.45, 2.75) is 0 Å². The first-order valence-electron chi connectivity index (χ1n) is 5.60. The lowest BCUT2D eigenvalue weighted by Crippen LogP contribution is -2.17. The number of H-pyrrole nitrogens is 1. The van der Waals surface area contributed by atoms with Gasteiger partial charge in [-0.1, -0.05) is 23.2 Å². The molecule has 1 aliphatic rings. The molecule has 2 aromatic rings. The summed E-state index contributed by atoms with van der Waals surface area (Å²) in [6, 6.07) is 4.30. The molecule has 1 heterocycles. The molecule has 1 aromatic carbocycles. The van der Waals surface area contributed by atoms with E-state index in [9.17, 15) is 14.0 Å². The van der Waals surface area contributed by atoms with E-state index in [0.29, 0.717) is 10.0 Å². The van der Waals surface area contributed by atoms with Gasteiger partial charge in [0.25, 0.3) is 0 Å². The number of hydrogen-bond acceptors (Lipinski definition) is 3. The second-order valence-corrected chi connectivity index (χ2v) is 5.83. The topological polar surface area (TPSA) is 62.8 Å². The molecule has 0 radical (unpaired) electrons. The Labute approximate surface area is 136 Å². The van der Waals surface area contributed by atoms with Crippen LogP contribution in [0.25, 0.3) is 11.4 Å². The van der Waals surface area contributed by atoms with E-state index in [1.54, 1.807) is 6.07 Å². The van der Waals surface area contributed by atoms with Gasteiger partial charge in [-0.25, -0.2) is 9.37 Å². The molecule has 0 saturated heterocycles. The number of fused-ring (bicyclic) bond motifs is 1. The molecule has 0 spiro atoms. The Morgan fingerprint density at radius 2 is 1.81 bits per heavy atom. The average molecular weight is 390 g/mol. The number of ketones is 2. The van der Waals surface area contributed by atoms with Gasteiger partial charge >= 0.3 is 0 Å². The smallest absolute Gasteiger partial charge is 0.226 e. The number of Topliss-reactive ketones (excluding diaryl/α,β-unsaturated/α-hetero) is 2. The second-order valence-electron chi connectivity index (χ2n) is 4.22. The van der Waals surface area contributed by atoms with Crippen LogP contribution in [0.15, 0.2) is 32.7 Å². The summed E-state index contributed by atoms with van der Waals surface area (Å²) < 4.78 is 13.8. The van der Waals surface area contributed by atoms with E-state index in [4.69, 9.17) is 23.2 Å². The third-order valence-electron chi connectivity index (χ3n) is 2.93. The number of rotatable bonds is 1. The van der Waals surface area contributed by atoms with Crippen molar-refractivity contribution in [2.24, 2.45) is 0 Å². The Kier molecular flexibility index (Phi) is 3.47. The number of carbonyl (C=O) groups is 2. The van der Waals surface area contributed by atoms with E-state index < -0.39 is 17.4 Å². The van der Waals surface area contributed by atoms with Crippen LogP contribution in [0.2, 0.25) is 0 Å². The van der Waals surface area contributed by atoms with Gasteiger partial charge in [0.2, 0.25) is 11.6 Å². The maximum Gasteiger partial charge on any atom is 0.226 e. The highest BCUT2D eigenvalue weighted by molar-refractivity contribution is 9.10. The van der Waals surface area contributed by atoms with Crippen molar-refractivity contribution in [3.05, 3.63) is 49.9 Å². The van der Waals surface area contributed by atoms with Gasteiger partial charge < -0.3 is 4.98 Å². The van der Waals surface area contributed by atoms with Crippen LogP contribution in [0.3, 0.4) is 0 Å². The van der Waals surface area contributed by atoms with Crippen molar-refractivity contribution in [2.75, 3.05) is 0 Å². The normalized spacial score (nSPS) is 14.7. The molecule has 8 heteroatoms. The quantitative estimate of drug-likeness (QED) is 0.800. The molecule has 3 rings (SSSR count). The number of carbonyl (C=O) groups excluding carboxylic acids is 2. The molecular weight excluding hydrogens is 386 g/mol. The van der Waals surface area contributed by atoms with Crippen LogP contribution >= 0.6 is 39.1 Å². The first-order valence-corrected chi connectivity index (χ1v) is 7.15. The first-order chi connectivity index (χ1) is 9.90. The summed E-state index contributed by atoms with van der Waals surface area (Å²) >= 11 is 14.4. The van der Waals surface area contributed by atoms with Gasteiger partial charge in [-0.05, 0) is 34.1 Å². The molecule has 1 aliphatic carbocycles.